The third-order valence-electron chi connectivity index (χ3n) is 5.73. The first-order valence-electron chi connectivity index (χ1n) is 11.8. The van der Waals surface area contributed by atoms with Crippen molar-refractivity contribution >= 4 is 6.08 Å². The van der Waals surface area contributed by atoms with Crippen LogP contribution in [0.15, 0.2) is 67.0 Å². The van der Waals surface area contributed by atoms with Crippen LogP contribution >= 0.6 is 0 Å². The van der Waals surface area contributed by atoms with Gasteiger partial charge < -0.3 is 29.7 Å². The number of hydrogen-bond acceptors (Lipinski definition) is 7. The van der Waals surface area contributed by atoms with Gasteiger partial charge in [0.25, 0.3) is 0 Å². The standard InChI is InChI=1S/C27H35N3O5/c1-21(34)27-28-12-13-30(27)25(20-33)9-4-22-2-5-23(6-3-22)24-7-10-26(11-8-24)35-19-16-29(14-17-31)15-18-32/h2-13,21,25,31-34H,14-20H2,1H3/b9-4+. The Morgan fingerprint density at radius 3 is 2.14 bits per heavy atom. The fourth-order valence-corrected chi connectivity index (χ4v) is 3.83. The number of imidazole rings is 1. The summed E-state index contributed by atoms with van der Waals surface area (Å²) in [5.74, 6) is 1.29. The average Bonchev–Trinajstić information content (AvgIpc) is 3.36. The molecule has 0 bridgehead atoms. The summed E-state index contributed by atoms with van der Waals surface area (Å²) in [5, 5.41) is 37.8. The number of aliphatic hydroxyl groups excluding tert-OH is 4. The Bertz CT molecular complexity index is 1030. The molecule has 0 radical (unpaired) electrons. The molecule has 0 saturated carbocycles. The van der Waals surface area contributed by atoms with Crippen LogP contribution < -0.4 is 4.74 Å². The summed E-state index contributed by atoms with van der Waals surface area (Å²) in [4.78, 5) is 6.12. The fraction of sp³-hybridized carbons (Fsp3) is 0.370. The summed E-state index contributed by atoms with van der Waals surface area (Å²) in [5.41, 5.74) is 3.15. The largest absolute Gasteiger partial charge is 0.492 e. The molecule has 0 amide bonds. The lowest BCUT2D eigenvalue weighted by atomic mass is 10.0. The SMILES string of the molecule is CC(O)c1nccn1C(/C=C/c1ccc(-c2ccc(OCCN(CCO)CCO)cc2)cc1)CO. The minimum absolute atomic E-state index is 0.0554. The van der Waals surface area contributed by atoms with Crippen molar-refractivity contribution in [1.29, 1.82) is 0 Å². The minimum Gasteiger partial charge on any atom is -0.492 e. The Morgan fingerprint density at radius 1 is 0.943 bits per heavy atom. The first-order chi connectivity index (χ1) is 17.0. The summed E-state index contributed by atoms with van der Waals surface area (Å²) in [6.07, 6.45) is 6.51. The Labute approximate surface area is 206 Å². The topological polar surface area (TPSA) is 111 Å². The molecule has 8 nitrogen and oxygen atoms in total. The summed E-state index contributed by atoms with van der Waals surface area (Å²) < 4.78 is 7.57. The highest BCUT2D eigenvalue weighted by Gasteiger charge is 2.14. The smallest absolute Gasteiger partial charge is 0.137 e. The molecule has 0 aliphatic carbocycles. The lowest BCUT2D eigenvalue weighted by Gasteiger charge is -2.20. The summed E-state index contributed by atoms with van der Waals surface area (Å²) in [6, 6.07) is 15.7. The van der Waals surface area contributed by atoms with Gasteiger partial charge in [0.2, 0.25) is 0 Å². The molecule has 0 aliphatic heterocycles. The number of rotatable bonds is 14. The molecule has 3 aromatic rings. The van der Waals surface area contributed by atoms with Crippen molar-refractivity contribution in [1.82, 2.24) is 14.5 Å². The van der Waals surface area contributed by atoms with Crippen molar-refractivity contribution in [2.24, 2.45) is 0 Å². The Morgan fingerprint density at radius 2 is 1.57 bits per heavy atom. The van der Waals surface area contributed by atoms with Gasteiger partial charge in [-0.05, 0) is 35.7 Å². The van der Waals surface area contributed by atoms with Gasteiger partial charge in [0.1, 0.15) is 24.3 Å². The number of nitrogens with zero attached hydrogens (tertiary/aromatic N) is 3. The van der Waals surface area contributed by atoms with Crippen LogP contribution in [-0.4, -0.2) is 80.9 Å². The lowest BCUT2D eigenvalue weighted by Crippen LogP contribution is -2.33. The van der Waals surface area contributed by atoms with Gasteiger partial charge in [-0.15, -0.1) is 0 Å². The van der Waals surface area contributed by atoms with E-state index in [2.05, 4.69) is 4.98 Å². The predicted molar refractivity (Wildman–Crippen MR) is 136 cm³/mol. The van der Waals surface area contributed by atoms with E-state index in [-0.39, 0.29) is 25.9 Å². The Kier molecular flexibility index (Phi) is 10.5. The zero-order valence-electron chi connectivity index (χ0n) is 20.1. The highest BCUT2D eigenvalue weighted by molar-refractivity contribution is 5.66. The molecule has 3 rings (SSSR count). The van der Waals surface area contributed by atoms with Gasteiger partial charge in [-0.2, -0.15) is 0 Å². The zero-order valence-corrected chi connectivity index (χ0v) is 20.1. The van der Waals surface area contributed by atoms with E-state index in [1.165, 1.54) is 0 Å². The molecule has 1 aromatic heterocycles. The molecule has 1 heterocycles. The molecule has 8 heteroatoms. The van der Waals surface area contributed by atoms with Crippen molar-refractivity contribution in [2.75, 3.05) is 46.1 Å². The van der Waals surface area contributed by atoms with Crippen LogP contribution in [0.1, 0.15) is 30.5 Å². The Hall–Kier alpha value is -3.01. The van der Waals surface area contributed by atoms with Crippen molar-refractivity contribution in [3.05, 3.63) is 78.4 Å². The normalized spacial score (nSPS) is 13.4. The summed E-state index contributed by atoms with van der Waals surface area (Å²) in [7, 11) is 0. The Balaban J connectivity index is 1.57. The molecule has 4 N–H and O–H groups in total. The lowest BCUT2D eigenvalue weighted by molar-refractivity contribution is 0.141. The maximum absolute atomic E-state index is 9.87. The van der Waals surface area contributed by atoms with Crippen LogP contribution in [0.25, 0.3) is 17.2 Å². The third-order valence-corrected chi connectivity index (χ3v) is 5.73. The second kappa shape index (κ2) is 13.8. The average molecular weight is 482 g/mol. The molecule has 2 unspecified atom stereocenters. The third kappa shape index (κ3) is 7.74. The second-order valence-corrected chi connectivity index (χ2v) is 8.26. The predicted octanol–water partition coefficient (Wildman–Crippen LogP) is 2.52. The molecule has 2 atom stereocenters. The van der Waals surface area contributed by atoms with Crippen molar-refractivity contribution in [2.45, 2.75) is 19.1 Å². The zero-order chi connectivity index (χ0) is 25.0. The van der Waals surface area contributed by atoms with E-state index in [0.717, 1.165) is 22.4 Å². The quantitative estimate of drug-likeness (QED) is 0.280. The number of hydrogen-bond donors (Lipinski definition) is 4. The van der Waals surface area contributed by atoms with E-state index in [1.807, 2.05) is 65.6 Å². The van der Waals surface area contributed by atoms with E-state index in [0.29, 0.717) is 32.1 Å². The highest BCUT2D eigenvalue weighted by Crippen LogP contribution is 2.24. The first kappa shape index (κ1) is 26.6. The monoisotopic (exact) mass is 481 g/mol. The number of benzene rings is 2. The number of aliphatic hydroxyl groups is 4. The maximum atomic E-state index is 9.87. The van der Waals surface area contributed by atoms with Crippen LogP contribution in [0.4, 0.5) is 0 Å². The van der Waals surface area contributed by atoms with E-state index >= 15 is 0 Å². The highest BCUT2D eigenvalue weighted by atomic mass is 16.5. The molecular weight excluding hydrogens is 446 g/mol. The molecule has 0 spiro atoms. The molecule has 2 aromatic carbocycles. The summed E-state index contributed by atoms with van der Waals surface area (Å²) >= 11 is 0. The van der Waals surface area contributed by atoms with Gasteiger partial charge in [-0.3, -0.25) is 4.90 Å². The fourth-order valence-electron chi connectivity index (χ4n) is 3.83. The van der Waals surface area contributed by atoms with Crippen LogP contribution in [0.3, 0.4) is 0 Å². The van der Waals surface area contributed by atoms with Crippen LogP contribution in [0.2, 0.25) is 0 Å². The van der Waals surface area contributed by atoms with Gasteiger partial charge in [-0.25, -0.2) is 4.98 Å². The van der Waals surface area contributed by atoms with Gasteiger partial charge in [-0.1, -0.05) is 48.6 Å². The first-order valence-corrected chi connectivity index (χ1v) is 11.8. The van der Waals surface area contributed by atoms with E-state index < -0.39 is 6.10 Å². The second-order valence-electron chi connectivity index (χ2n) is 8.26. The molecule has 188 valence electrons. The molecule has 35 heavy (non-hydrogen) atoms. The van der Waals surface area contributed by atoms with E-state index in [9.17, 15) is 10.2 Å². The van der Waals surface area contributed by atoms with Gasteiger partial charge in [0.15, 0.2) is 0 Å². The van der Waals surface area contributed by atoms with Crippen molar-refractivity contribution < 1.29 is 25.2 Å². The van der Waals surface area contributed by atoms with Gasteiger partial charge >= 0.3 is 0 Å². The number of aromatic nitrogens is 2. The van der Waals surface area contributed by atoms with Crippen LogP contribution in [-0.2, 0) is 0 Å². The van der Waals surface area contributed by atoms with E-state index in [1.54, 1.807) is 23.9 Å². The molecule has 0 aliphatic rings. The van der Waals surface area contributed by atoms with E-state index in [4.69, 9.17) is 14.9 Å². The van der Waals surface area contributed by atoms with Gasteiger partial charge in [0.05, 0.1) is 25.9 Å². The van der Waals surface area contributed by atoms with Gasteiger partial charge in [0, 0.05) is 32.0 Å². The van der Waals surface area contributed by atoms with Crippen LogP contribution in [0.5, 0.6) is 5.75 Å². The number of ether oxygens (including phenoxy) is 1. The molecule has 0 fully saturated rings. The van der Waals surface area contributed by atoms with Crippen molar-refractivity contribution in [3.8, 4) is 16.9 Å². The molecule has 0 saturated heterocycles. The minimum atomic E-state index is -0.712. The molecular formula is C27H35N3O5. The maximum Gasteiger partial charge on any atom is 0.137 e. The van der Waals surface area contributed by atoms with Crippen LogP contribution in [0, 0.1) is 0 Å². The van der Waals surface area contributed by atoms with Crippen molar-refractivity contribution in [3.63, 3.8) is 0 Å². The summed E-state index contributed by atoms with van der Waals surface area (Å²) in [6.45, 7) is 3.81.